The number of nitrogens with zero attached hydrogens (tertiary/aromatic N) is 3. The van der Waals surface area contributed by atoms with Gasteiger partial charge in [0, 0.05) is 45.8 Å². The van der Waals surface area contributed by atoms with Gasteiger partial charge < -0.3 is 19.5 Å². The van der Waals surface area contributed by atoms with E-state index < -0.39 is 16.0 Å². The Hall–Kier alpha value is -2.80. The number of fused-ring (bicyclic) bond motifs is 1. The van der Waals surface area contributed by atoms with Crippen molar-refractivity contribution in [3.8, 4) is 0 Å². The standard InChI is InChI=1S/C27H36N4O7S/c1-2-22-24-23(18-27(19-28-25(24)32)7-13-36-14-8-27)31(29-22)9-4-12-38-26(33)20-5-3-6-21(17-20)39(34,35)30-10-15-37-16-11-30/h3,5-6,17H,2,4,7-16,18-19H2,1H3,(H,28,32). The summed E-state index contributed by atoms with van der Waals surface area (Å²) in [5.74, 6) is -0.655. The van der Waals surface area contributed by atoms with Crippen molar-refractivity contribution >= 4 is 21.9 Å². The predicted octanol–water partition coefficient (Wildman–Crippen LogP) is 1.80. The molecule has 1 aromatic heterocycles. The lowest BCUT2D eigenvalue weighted by atomic mass is 9.76. The van der Waals surface area contributed by atoms with Crippen molar-refractivity contribution < 1.29 is 32.2 Å². The van der Waals surface area contributed by atoms with Gasteiger partial charge in [-0.25, -0.2) is 13.2 Å². The summed E-state index contributed by atoms with van der Waals surface area (Å²) >= 11 is 0. The number of carbonyl (C=O) groups is 2. The monoisotopic (exact) mass is 560 g/mol. The molecule has 1 N–H and O–H groups in total. The van der Waals surface area contributed by atoms with E-state index in [0.717, 1.165) is 30.7 Å². The highest BCUT2D eigenvalue weighted by molar-refractivity contribution is 7.89. The molecule has 1 amide bonds. The van der Waals surface area contributed by atoms with Crippen molar-refractivity contribution in [3.05, 3.63) is 46.8 Å². The van der Waals surface area contributed by atoms with Crippen LogP contribution in [0.4, 0.5) is 0 Å². The zero-order chi connectivity index (χ0) is 27.5. The SMILES string of the molecule is CCc1nn(CCCOC(=O)c2cccc(S(=O)(=O)N3CCOCC3)c2)c2c1C(=O)NCC1(CCOCC1)C2. The number of nitrogens with one attached hydrogen (secondary N) is 1. The van der Waals surface area contributed by atoms with E-state index >= 15 is 0 Å². The van der Waals surface area contributed by atoms with Crippen LogP contribution in [-0.4, -0.2) is 87.0 Å². The van der Waals surface area contributed by atoms with Gasteiger partial charge in [0.2, 0.25) is 10.0 Å². The van der Waals surface area contributed by atoms with Crippen molar-refractivity contribution in [1.82, 2.24) is 19.4 Å². The average Bonchev–Trinajstić information content (AvgIpc) is 3.24. The fourth-order valence-electron chi connectivity index (χ4n) is 5.54. The van der Waals surface area contributed by atoms with Crippen LogP contribution in [0, 0.1) is 5.41 Å². The second-order valence-corrected chi connectivity index (χ2v) is 12.3. The first-order chi connectivity index (χ1) is 18.8. The summed E-state index contributed by atoms with van der Waals surface area (Å²) in [5, 5.41) is 7.86. The number of aryl methyl sites for hydroxylation is 2. The van der Waals surface area contributed by atoms with Crippen molar-refractivity contribution in [2.75, 3.05) is 52.7 Å². The summed E-state index contributed by atoms with van der Waals surface area (Å²) in [7, 11) is -3.71. The fourth-order valence-corrected chi connectivity index (χ4v) is 6.99. The maximum Gasteiger partial charge on any atom is 0.338 e. The molecule has 3 aliphatic heterocycles. The molecule has 0 radical (unpaired) electrons. The molecule has 2 fully saturated rings. The van der Waals surface area contributed by atoms with Gasteiger partial charge in [0.15, 0.2) is 0 Å². The zero-order valence-corrected chi connectivity index (χ0v) is 23.1. The Kier molecular flexibility index (Phi) is 8.36. The lowest BCUT2D eigenvalue weighted by Crippen LogP contribution is -2.40. The van der Waals surface area contributed by atoms with Crippen LogP contribution in [0.3, 0.4) is 0 Å². The van der Waals surface area contributed by atoms with Crippen molar-refractivity contribution in [2.45, 2.75) is 50.5 Å². The highest BCUT2D eigenvalue weighted by atomic mass is 32.2. The van der Waals surface area contributed by atoms with Crippen molar-refractivity contribution in [3.63, 3.8) is 0 Å². The van der Waals surface area contributed by atoms with E-state index in [4.69, 9.17) is 19.3 Å². The number of benzene rings is 1. The van der Waals surface area contributed by atoms with Gasteiger partial charge in [0.1, 0.15) is 0 Å². The van der Waals surface area contributed by atoms with Crippen LogP contribution in [0.2, 0.25) is 0 Å². The molecule has 0 unspecified atom stereocenters. The van der Waals surface area contributed by atoms with Crippen LogP contribution in [0.25, 0.3) is 0 Å². The largest absolute Gasteiger partial charge is 0.462 e. The van der Waals surface area contributed by atoms with E-state index in [1.54, 1.807) is 12.1 Å². The second kappa shape index (κ2) is 11.7. The summed E-state index contributed by atoms with van der Waals surface area (Å²) in [5.41, 5.74) is 2.54. The number of hydrogen-bond acceptors (Lipinski definition) is 8. The third-order valence-corrected chi connectivity index (χ3v) is 9.73. The molecule has 212 valence electrons. The topological polar surface area (TPSA) is 129 Å². The number of sulfonamides is 1. The number of ether oxygens (including phenoxy) is 3. The molecule has 12 heteroatoms. The quantitative estimate of drug-likeness (QED) is 0.382. The first-order valence-electron chi connectivity index (χ1n) is 13.6. The van der Waals surface area contributed by atoms with Gasteiger partial charge in [-0.15, -0.1) is 0 Å². The summed E-state index contributed by atoms with van der Waals surface area (Å²) < 4.78 is 45.5. The molecule has 0 atom stereocenters. The Bertz CT molecular complexity index is 1310. The van der Waals surface area contributed by atoms with E-state index in [1.165, 1.54) is 16.4 Å². The highest BCUT2D eigenvalue weighted by Crippen LogP contribution is 2.37. The van der Waals surface area contributed by atoms with E-state index in [1.807, 2.05) is 11.6 Å². The van der Waals surface area contributed by atoms with Crippen LogP contribution in [-0.2, 0) is 43.6 Å². The molecule has 39 heavy (non-hydrogen) atoms. The Labute approximate surface area is 228 Å². The first kappa shape index (κ1) is 27.8. The number of morpholine rings is 1. The molecule has 0 bridgehead atoms. The van der Waals surface area contributed by atoms with Crippen LogP contribution in [0.1, 0.15) is 58.3 Å². The molecular weight excluding hydrogens is 524 g/mol. The summed E-state index contributed by atoms with van der Waals surface area (Å²) in [6.07, 6.45) is 3.68. The normalized spacial score (nSPS) is 19.8. The van der Waals surface area contributed by atoms with Gasteiger partial charge in [-0.2, -0.15) is 9.40 Å². The van der Waals surface area contributed by atoms with Crippen LogP contribution < -0.4 is 5.32 Å². The molecule has 2 aromatic rings. The van der Waals surface area contributed by atoms with Gasteiger partial charge in [0.25, 0.3) is 5.91 Å². The van der Waals surface area contributed by atoms with E-state index in [0.29, 0.717) is 57.9 Å². The highest BCUT2D eigenvalue weighted by Gasteiger charge is 2.39. The third-order valence-electron chi connectivity index (χ3n) is 7.84. The Balaban J connectivity index is 1.23. The minimum atomic E-state index is -3.71. The van der Waals surface area contributed by atoms with E-state index in [2.05, 4.69) is 5.32 Å². The third kappa shape index (κ3) is 5.88. The molecule has 2 saturated heterocycles. The number of rotatable bonds is 8. The molecule has 11 nitrogen and oxygen atoms in total. The maximum atomic E-state index is 13.0. The summed E-state index contributed by atoms with van der Waals surface area (Å²) in [6, 6.07) is 5.94. The summed E-state index contributed by atoms with van der Waals surface area (Å²) in [4.78, 5) is 25.8. The number of carbonyl (C=O) groups excluding carboxylic acids is 2. The van der Waals surface area contributed by atoms with Gasteiger partial charge in [0.05, 0.1) is 47.2 Å². The zero-order valence-electron chi connectivity index (χ0n) is 22.3. The fraction of sp³-hybridized carbons (Fsp3) is 0.593. The first-order valence-corrected chi connectivity index (χ1v) is 15.1. The number of hydrogen-bond donors (Lipinski definition) is 1. The molecule has 0 saturated carbocycles. The molecule has 0 aliphatic carbocycles. The lowest BCUT2D eigenvalue weighted by Gasteiger charge is -2.36. The lowest BCUT2D eigenvalue weighted by molar-refractivity contribution is 0.0152. The van der Waals surface area contributed by atoms with Crippen molar-refractivity contribution in [2.24, 2.45) is 5.41 Å². The van der Waals surface area contributed by atoms with Crippen LogP contribution >= 0.6 is 0 Å². The number of amides is 1. The molecule has 3 aliphatic rings. The van der Waals surface area contributed by atoms with Gasteiger partial charge in [-0.1, -0.05) is 13.0 Å². The predicted molar refractivity (Wildman–Crippen MR) is 141 cm³/mol. The van der Waals surface area contributed by atoms with Crippen LogP contribution in [0.5, 0.6) is 0 Å². The van der Waals surface area contributed by atoms with Gasteiger partial charge in [-0.05, 0) is 49.3 Å². The Morgan fingerprint density at radius 3 is 2.64 bits per heavy atom. The van der Waals surface area contributed by atoms with Gasteiger partial charge in [-0.3, -0.25) is 9.48 Å². The smallest absolute Gasteiger partial charge is 0.338 e. The molecule has 1 spiro atoms. The minimum Gasteiger partial charge on any atom is -0.462 e. The van der Waals surface area contributed by atoms with E-state index in [9.17, 15) is 18.0 Å². The minimum absolute atomic E-state index is 0.0407. The van der Waals surface area contributed by atoms with Gasteiger partial charge >= 0.3 is 5.97 Å². The number of esters is 1. The van der Waals surface area contributed by atoms with Crippen LogP contribution in [0.15, 0.2) is 29.2 Å². The number of aromatic nitrogens is 2. The Morgan fingerprint density at radius 2 is 1.90 bits per heavy atom. The Morgan fingerprint density at radius 1 is 1.15 bits per heavy atom. The maximum absolute atomic E-state index is 13.0. The second-order valence-electron chi connectivity index (χ2n) is 10.4. The average molecular weight is 561 g/mol. The molecular formula is C27H36N4O7S. The molecule has 5 rings (SSSR count). The molecule has 4 heterocycles. The summed E-state index contributed by atoms with van der Waals surface area (Å²) in [6.45, 7) is 5.89. The van der Waals surface area contributed by atoms with E-state index in [-0.39, 0.29) is 41.5 Å². The van der Waals surface area contributed by atoms with Crippen molar-refractivity contribution in [1.29, 1.82) is 0 Å². The molecule has 1 aromatic carbocycles.